The molecule has 8 heteroatoms. The molecule has 0 aromatic rings. The zero-order valence-electron chi connectivity index (χ0n) is 14.9. The van der Waals surface area contributed by atoms with E-state index in [2.05, 4.69) is 31.0 Å². The predicted molar refractivity (Wildman–Crippen MR) is 97.1 cm³/mol. The van der Waals surface area contributed by atoms with Gasteiger partial charge in [-0.3, -0.25) is 0 Å². The molecule has 0 amide bonds. The van der Waals surface area contributed by atoms with Gasteiger partial charge in [-0.25, -0.2) is 4.79 Å². The van der Waals surface area contributed by atoms with Gasteiger partial charge in [0.15, 0.2) is 15.1 Å². The maximum atomic E-state index is 11.0. The van der Waals surface area contributed by atoms with Crippen LogP contribution in [0.15, 0.2) is 25.7 Å². The second kappa shape index (κ2) is 15.4. The molecule has 0 rings (SSSR count). The maximum Gasteiger partial charge on any atom is 0.513 e. The van der Waals surface area contributed by atoms with Crippen molar-refractivity contribution in [2.24, 2.45) is 0 Å². The Morgan fingerprint density at radius 3 is 2.54 bits per heavy atom. The predicted octanol–water partition coefficient (Wildman–Crippen LogP) is 4.24. The molecule has 0 aromatic carbocycles. The molecule has 24 heavy (non-hydrogen) atoms. The summed E-state index contributed by atoms with van der Waals surface area (Å²) in [6.07, 6.45) is 5.66. The minimum absolute atomic E-state index is 0.275. The summed E-state index contributed by atoms with van der Waals surface area (Å²) in [7, 11) is -1.07. The summed E-state index contributed by atoms with van der Waals surface area (Å²) in [5.74, 6) is 0. The van der Waals surface area contributed by atoms with E-state index in [0.717, 1.165) is 44.0 Å². The molecular weight excluding hydrogens is 344 g/mol. The standard InChI is InChI=1S/C16H30O6Si2/c1-5-18-15-19-11-7-9-13-23-22-24(3,4)14-10-8-12-21-16(17)20-6-2/h5-6H,1-2,7-15H2,3-4H3. The van der Waals surface area contributed by atoms with Gasteiger partial charge in [-0.2, -0.15) is 0 Å². The summed E-state index contributed by atoms with van der Waals surface area (Å²) in [6, 6.07) is 2.13. The van der Waals surface area contributed by atoms with E-state index in [1.54, 1.807) is 0 Å². The van der Waals surface area contributed by atoms with Crippen molar-refractivity contribution in [2.45, 2.75) is 50.9 Å². The fraction of sp³-hybridized carbons (Fsp3) is 0.688. The van der Waals surface area contributed by atoms with Gasteiger partial charge in [-0.05, 0) is 38.0 Å². The van der Waals surface area contributed by atoms with E-state index >= 15 is 0 Å². The molecule has 0 saturated heterocycles. The molecule has 138 valence electrons. The van der Waals surface area contributed by atoms with E-state index in [-0.39, 0.29) is 6.79 Å². The Morgan fingerprint density at radius 2 is 1.83 bits per heavy atom. The largest absolute Gasteiger partial charge is 0.513 e. The first-order chi connectivity index (χ1) is 11.5. The average molecular weight is 375 g/mol. The highest BCUT2D eigenvalue weighted by Crippen LogP contribution is 2.15. The zero-order valence-corrected chi connectivity index (χ0v) is 16.9. The first kappa shape index (κ1) is 22.9. The Kier molecular flexibility index (Phi) is 14.7. The molecule has 0 aliphatic rings. The number of hydrogen-bond acceptors (Lipinski definition) is 6. The molecular formula is C16H30O6Si2. The van der Waals surface area contributed by atoms with Crippen molar-refractivity contribution in [3.05, 3.63) is 25.7 Å². The molecule has 0 spiro atoms. The lowest BCUT2D eigenvalue weighted by molar-refractivity contribution is -0.0118. The van der Waals surface area contributed by atoms with Crippen molar-refractivity contribution >= 4 is 24.2 Å². The lowest BCUT2D eigenvalue weighted by Gasteiger charge is -2.22. The summed E-state index contributed by atoms with van der Waals surface area (Å²) >= 11 is 0. The van der Waals surface area contributed by atoms with E-state index in [0.29, 0.717) is 23.0 Å². The lowest BCUT2D eigenvalue weighted by Crippen LogP contribution is -2.31. The van der Waals surface area contributed by atoms with E-state index < -0.39 is 14.5 Å². The first-order valence-corrected chi connectivity index (χ1v) is 12.4. The average Bonchev–Trinajstić information content (AvgIpc) is 2.53. The summed E-state index contributed by atoms with van der Waals surface area (Å²) in [5, 5.41) is 0. The molecule has 0 bridgehead atoms. The van der Waals surface area contributed by atoms with Gasteiger partial charge in [0.2, 0.25) is 9.76 Å². The van der Waals surface area contributed by atoms with Crippen LogP contribution in [0, 0.1) is 0 Å². The van der Waals surface area contributed by atoms with Crippen molar-refractivity contribution in [2.75, 3.05) is 20.0 Å². The number of ether oxygens (including phenoxy) is 4. The quantitative estimate of drug-likeness (QED) is 0.132. The zero-order chi connectivity index (χ0) is 18.1. The summed E-state index contributed by atoms with van der Waals surface area (Å²) in [5.41, 5.74) is 0. The topological polar surface area (TPSA) is 63.2 Å². The van der Waals surface area contributed by atoms with Crippen molar-refractivity contribution in [3.63, 3.8) is 0 Å². The van der Waals surface area contributed by atoms with Crippen molar-refractivity contribution in [1.82, 2.24) is 0 Å². The molecule has 0 aliphatic carbocycles. The number of hydrogen-bond donors (Lipinski definition) is 0. The van der Waals surface area contributed by atoms with Crippen LogP contribution in [0.25, 0.3) is 0 Å². The third kappa shape index (κ3) is 15.8. The van der Waals surface area contributed by atoms with E-state index in [4.69, 9.17) is 18.3 Å². The number of carbonyl (C=O) groups is 1. The van der Waals surface area contributed by atoms with Gasteiger partial charge >= 0.3 is 6.16 Å². The fourth-order valence-corrected chi connectivity index (χ4v) is 5.64. The van der Waals surface area contributed by atoms with Gasteiger partial charge in [-0.1, -0.05) is 26.0 Å². The Morgan fingerprint density at radius 1 is 1.08 bits per heavy atom. The van der Waals surface area contributed by atoms with Crippen LogP contribution in [-0.2, 0) is 23.1 Å². The maximum absolute atomic E-state index is 11.0. The Labute approximate surface area is 149 Å². The van der Waals surface area contributed by atoms with E-state index in [1.165, 1.54) is 6.26 Å². The van der Waals surface area contributed by atoms with Gasteiger partial charge < -0.3 is 23.1 Å². The smallest absolute Gasteiger partial charge is 0.476 e. The van der Waals surface area contributed by atoms with Crippen molar-refractivity contribution in [3.8, 4) is 0 Å². The fourth-order valence-electron chi connectivity index (χ4n) is 1.76. The Bertz CT molecular complexity index is 349. The molecule has 0 atom stereocenters. The second-order valence-corrected chi connectivity index (χ2v) is 11.3. The Balaban J connectivity index is 3.46. The van der Waals surface area contributed by atoms with Gasteiger partial charge in [0, 0.05) is 0 Å². The van der Waals surface area contributed by atoms with Gasteiger partial charge in [-0.15, -0.1) is 0 Å². The van der Waals surface area contributed by atoms with Crippen LogP contribution >= 0.6 is 0 Å². The monoisotopic (exact) mass is 374 g/mol. The minimum atomic E-state index is -1.62. The number of unbranched alkanes of at least 4 members (excludes halogenated alkanes) is 2. The van der Waals surface area contributed by atoms with Crippen LogP contribution in [0.2, 0.25) is 25.2 Å². The molecule has 6 nitrogen and oxygen atoms in total. The summed E-state index contributed by atoms with van der Waals surface area (Å²) in [6.45, 7) is 12.5. The molecule has 2 radical (unpaired) electrons. The summed E-state index contributed by atoms with van der Waals surface area (Å²) < 4.78 is 25.6. The molecule has 0 aromatic heterocycles. The van der Waals surface area contributed by atoms with Crippen LogP contribution in [0.5, 0.6) is 0 Å². The third-order valence-electron chi connectivity index (χ3n) is 3.01. The lowest BCUT2D eigenvalue weighted by atomic mass is 10.4. The van der Waals surface area contributed by atoms with Crippen LogP contribution < -0.4 is 0 Å². The minimum Gasteiger partial charge on any atom is -0.476 e. The summed E-state index contributed by atoms with van der Waals surface area (Å²) in [4.78, 5) is 11.0. The van der Waals surface area contributed by atoms with Gasteiger partial charge in [0.25, 0.3) is 0 Å². The first-order valence-electron chi connectivity index (χ1n) is 8.17. The molecule has 0 N–H and O–H groups in total. The Hall–Kier alpha value is -1.10. The van der Waals surface area contributed by atoms with Crippen LogP contribution in [0.1, 0.15) is 25.7 Å². The molecule has 0 fully saturated rings. The highest BCUT2D eigenvalue weighted by atomic mass is 28.4. The molecule has 0 saturated carbocycles. The molecule has 0 unspecified atom stereocenters. The van der Waals surface area contributed by atoms with Crippen LogP contribution in [0.3, 0.4) is 0 Å². The third-order valence-corrected chi connectivity index (χ3v) is 7.91. The normalized spacial score (nSPS) is 10.9. The SMILES string of the molecule is C=COCOCCCC[Si]O[Si](C)(C)CCCCOC(=O)OC=C. The van der Waals surface area contributed by atoms with Crippen molar-refractivity contribution in [1.29, 1.82) is 0 Å². The van der Waals surface area contributed by atoms with Gasteiger partial charge in [0.05, 0.1) is 25.7 Å². The number of carbonyl (C=O) groups excluding carboxylic acids is 1. The van der Waals surface area contributed by atoms with E-state index in [9.17, 15) is 4.79 Å². The second-order valence-electron chi connectivity index (χ2n) is 5.66. The highest BCUT2D eigenvalue weighted by Gasteiger charge is 2.21. The number of rotatable bonds is 16. The van der Waals surface area contributed by atoms with Gasteiger partial charge in [0.1, 0.15) is 0 Å². The van der Waals surface area contributed by atoms with Crippen molar-refractivity contribution < 1.29 is 27.9 Å². The molecule has 0 aliphatic heterocycles. The molecule has 0 heterocycles. The van der Waals surface area contributed by atoms with E-state index in [1.807, 2.05) is 0 Å². The highest BCUT2D eigenvalue weighted by molar-refractivity contribution is 6.75. The van der Waals surface area contributed by atoms with Crippen LogP contribution in [-0.4, -0.2) is 44.2 Å². The van der Waals surface area contributed by atoms with Crippen LogP contribution in [0.4, 0.5) is 4.79 Å².